The molecule has 0 aliphatic carbocycles. The Kier molecular flexibility index (Phi) is 5.59. The van der Waals surface area contributed by atoms with Crippen LogP contribution in [0.15, 0.2) is 54.6 Å². The smallest absolute Gasteiger partial charge is 0.325 e. The highest BCUT2D eigenvalue weighted by molar-refractivity contribution is 6.12. The number of hydrogen-bond donors (Lipinski definition) is 1. The summed E-state index contributed by atoms with van der Waals surface area (Å²) in [6.45, 7) is 6.26. The fourth-order valence-electron chi connectivity index (χ4n) is 5.04. The number of fused-ring (bicyclic) bond motifs is 2. The molecule has 180 valence electrons. The number of urea groups is 1. The lowest BCUT2D eigenvalue weighted by molar-refractivity contribution is -0.132. The first-order valence-electron chi connectivity index (χ1n) is 11.7. The van der Waals surface area contributed by atoms with Gasteiger partial charge in [-0.15, -0.1) is 0 Å². The van der Waals surface area contributed by atoms with E-state index < -0.39 is 17.5 Å². The van der Waals surface area contributed by atoms with Crippen LogP contribution in [0.1, 0.15) is 40.7 Å². The summed E-state index contributed by atoms with van der Waals surface area (Å²) >= 11 is 0. The van der Waals surface area contributed by atoms with Gasteiger partial charge in [0.15, 0.2) is 11.3 Å². The van der Waals surface area contributed by atoms with Crippen LogP contribution in [0.5, 0.6) is 11.5 Å². The van der Waals surface area contributed by atoms with Crippen molar-refractivity contribution in [2.75, 3.05) is 19.8 Å². The number of carbonyl (C=O) groups is 3. The molecule has 1 fully saturated rings. The zero-order valence-electron chi connectivity index (χ0n) is 20.0. The molecule has 0 saturated carbocycles. The molecule has 2 aromatic carbocycles. The molecule has 1 atom stereocenters. The van der Waals surface area contributed by atoms with Crippen molar-refractivity contribution < 1.29 is 23.9 Å². The molecule has 2 aliphatic rings. The highest BCUT2D eigenvalue weighted by Crippen LogP contribution is 2.41. The number of benzene rings is 2. The number of aryl methyl sites for hydroxylation is 1. The van der Waals surface area contributed by atoms with E-state index in [-0.39, 0.29) is 12.3 Å². The Morgan fingerprint density at radius 1 is 1.11 bits per heavy atom. The summed E-state index contributed by atoms with van der Waals surface area (Å²) < 4.78 is 13.2. The third-order valence-electron chi connectivity index (χ3n) is 6.70. The first-order valence-corrected chi connectivity index (χ1v) is 11.7. The molecule has 35 heavy (non-hydrogen) atoms. The molecule has 1 spiro atoms. The number of hydrogen-bond acceptors (Lipinski definition) is 5. The molecule has 3 aromatic rings. The molecule has 0 radical (unpaired) electrons. The number of ether oxygens (including phenoxy) is 2. The Balaban J connectivity index is 1.41. The summed E-state index contributed by atoms with van der Waals surface area (Å²) in [5.74, 6) is 0.625. The van der Waals surface area contributed by atoms with Crippen molar-refractivity contribution in [1.29, 1.82) is 0 Å². The summed E-state index contributed by atoms with van der Waals surface area (Å²) in [6.07, 6.45) is 0.311. The molecule has 1 aromatic heterocycles. The van der Waals surface area contributed by atoms with Crippen LogP contribution in [0.25, 0.3) is 5.69 Å². The van der Waals surface area contributed by atoms with Crippen LogP contribution in [0.3, 0.4) is 0 Å². The standard InChI is InChI=1S/C27H27N3O5/c1-4-34-20-11-9-19(10-12-20)30-17(2)15-21(18(30)3)23(31)16-29-25(32)27(28-26(29)33)13-14-35-24-8-6-5-7-22(24)27/h5-12,15H,4,13-14,16H2,1-3H3,(H,28,33). The average molecular weight is 474 g/mol. The van der Waals surface area contributed by atoms with Crippen LogP contribution in [-0.2, 0) is 10.3 Å². The van der Waals surface area contributed by atoms with Crippen molar-refractivity contribution in [1.82, 2.24) is 14.8 Å². The zero-order chi connectivity index (χ0) is 24.7. The summed E-state index contributed by atoms with van der Waals surface area (Å²) in [4.78, 5) is 40.7. The third kappa shape index (κ3) is 3.65. The number of para-hydroxylation sites is 1. The maximum absolute atomic E-state index is 13.5. The third-order valence-corrected chi connectivity index (χ3v) is 6.70. The predicted molar refractivity (Wildman–Crippen MR) is 129 cm³/mol. The first kappa shape index (κ1) is 22.7. The topological polar surface area (TPSA) is 89.9 Å². The van der Waals surface area contributed by atoms with Gasteiger partial charge in [-0.3, -0.25) is 14.5 Å². The molecule has 2 aliphatic heterocycles. The summed E-state index contributed by atoms with van der Waals surface area (Å²) in [5.41, 5.74) is 2.41. The highest BCUT2D eigenvalue weighted by Gasteiger charge is 2.55. The Morgan fingerprint density at radius 3 is 2.60 bits per heavy atom. The van der Waals surface area contributed by atoms with Gasteiger partial charge in [0.25, 0.3) is 5.91 Å². The normalized spacial score (nSPS) is 18.9. The van der Waals surface area contributed by atoms with Gasteiger partial charge in [-0.25, -0.2) is 4.79 Å². The van der Waals surface area contributed by atoms with Crippen molar-refractivity contribution in [3.05, 3.63) is 77.1 Å². The van der Waals surface area contributed by atoms with Crippen LogP contribution in [0.2, 0.25) is 0 Å². The molecule has 5 rings (SSSR count). The molecule has 1 unspecified atom stereocenters. The second kappa shape index (κ2) is 8.61. The number of rotatable bonds is 6. The van der Waals surface area contributed by atoms with Gasteiger partial charge in [0, 0.05) is 34.6 Å². The van der Waals surface area contributed by atoms with Gasteiger partial charge < -0.3 is 19.4 Å². The fourth-order valence-corrected chi connectivity index (χ4v) is 5.04. The molecule has 0 bridgehead atoms. The largest absolute Gasteiger partial charge is 0.494 e. The quantitative estimate of drug-likeness (QED) is 0.433. The minimum absolute atomic E-state index is 0.295. The highest BCUT2D eigenvalue weighted by atomic mass is 16.5. The predicted octanol–water partition coefficient (Wildman–Crippen LogP) is 3.91. The SMILES string of the molecule is CCOc1ccc(-n2c(C)cc(C(=O)CN3C(=O)NC4(CCOc5ccccc54)C3=O)c2C)cc1. The van der Waals surface area contributed by atoms with Crippen molar-refractivity contribution in [3.8, 4) is 17.2 Å². The van der Waals surface area contributed by atoms with E-state index in [2.05, 4.69) is 5.32 Å². The number of carbonyl (C=O) groups excluding carboxylic acids is 3. The van der Waals surface area contributed by atoms with E-state index in [4.69, 9.17) is 9.47 Å². The maximum Gasteiger partial charge on any atom is 0.325 e. The lowest BCUT2D eigenvalue weighted by Gasteiger charge is -2.33. The molecule has 1 saturated heterocycles. The summed E-state index contributed by atoms with van der Waals surface area (Å²) in [6, 6.07) is 16.0. The van der Waals surface area contributed by atoms with Gasteiger partial charge in [0.2, 0.25) is 0 Å². The van der Waals surface area contributed by atoms with E-state index in [1.165, 1.54) is 0 Å². The van der Waals surface area contributed by atoms with Crippen molar-refractivity contribution in [3.63, 3.8) is 0 Å². The molecular weight excluding hydrogens is 446 g/mol. The molecule has 3 amide bonds. The Labute approximate surface area is 203 Å². The lowest BCUT2D eigenvalue weighted by atomic mass is 9.84. The van der Waals surface area contributed by atoms with E-state index in [0.29, 0.717) is 36.5 Å². The molecule has 3 heterocycles. The monoisotopic (exact) mass is 473 g/mol. The van der Waals surface area contributed by atoms with Gasteiger partial charge in [-0.1, -0.05) is 18.2 Å². The number of amides is 3. The second-order valence-corrected chi connectivity index (χ2v) is 8.79. The zero-order valence-corrected chi connectivity index (χ0v) is 20.0. The first-order chi connectivity index (χ1) is 16.9. The number of nitrogens with one attached hydrogen (secondary N) is 1. The van der Waals surface area contributed by atoms with Crippen LogP contribution >= 0.6 is 0 Å². The number of ketones is 1. The number of nitrogens with zero attached hydrogens (tertiary/aromatic N) is 2. The Bertz CT molecular complexity index is 1330. The van der Waals surface area contributed by atoms with Crippen molar-refractivity contribution >= 4 is 17.7 Å². The minimum Gasteiger partial charge on any atom is -0.494 e. The van der Waals surface area contributed by atoms with Crippen molar-refractivity contribution in [2.45, 2.75) is 32.7 Å². The Hall–Kier alpha value is -4.07. The van der Waals surface area contributed by atoms with Gasteiger partial charge in [-0.05, 0) is 57.2 Å². The minimum atomic E-state index is -1.20. The van der Waals surface area contributed by atoms with Crippen LogP contribution in [0, 0.1) is 13.8 Å². The van der Waals surface area contributed by atoms with Gasteiger partial charge in [-0.2, -0.15) is 0 Å². The van der Waals surface area contributed by atoms with Gasteiger partial charge in [0.1, 0.15) is 11.5 Å². The van der Waals surface area contributed by atoms with Crippen LogP contribution in [-0.4, -0.2) is 46.9 Å². The molecular formula is C27H27N3O5. The number of imide groups is 1. The average Bonchev–Trinajstić information content (AvgIpc) is 3.28. The van der Waals surface area contributed by atoms with E-state index in [0.717, 1.165) is 27.7 Å². The molecule has 8 nitrogen and oxygen atoms in total. The number of aromatic nitrogens is 1. The van der Waals surface area contributed by atoms with E-state index in [9.17, 15) is 14.4 Å². The van der Waals surface area contributed by atoms with E-state index in [1.54, 1.807) is 24.3 Å². The molecule has 8 heteroatoms. The van der Waals surface area contributed by atoms with Crippen LogP contribution < -0.4 is 14.8 Å². The van der Waals surface area contributed by atoms with Crippen molar-refractivity contribution in [2.24, 2.45) is 0 Å². The summed E-state index contributed by atoms with van der Waals surface area (Å²) in [5, 5.41) is 2.84. The number of Topliss-reactive ketones (excluding diaryl/α,β-unsaturated/α-hetero) is 1. The maximum atomic E-state index is 13.5. The lowest BCUT2D eigenvalue weighted by Crippen LogP contribution is -2.47. The van der Waals surface area contributed by atoms with Crippen LogP contribution in [0.4, 0.5) is 4.79 Å². The second-order valence-electron chi connectivity index (χ2n) is 8.79. The van der Waals surface area contributed by atoms with E-state index >= 15 is 0 Å². The van der Waals surface area contributed by atoms with Gasteiger partial charge in [0.05, 0.1) is 19.8 Å². The van der Waals surface area contributed by atoms with Gasteiger partial charge >= 0.3 is 6.03 Å². The fraction of sp³-hybridized carbons (Fsp3) is 0.296. The summed E-state index contributed by atoms with van der Waals surface area (Å²) in [7, 11) is 0. The van der Waals surface area contributed by atoms with E-state index in [1.807, 2.05) is 55.7 Å². The Morgan fingerprint density at radius 2 is 1.86 bits per heavy atom. The molecule has 1 N–H and O–H groups in total.